The van der Waals surface area contributed by atoms with E-state index in [1.165, 1.54) is 18.5 Å². The van der Waals surface area contributed by atoms with Crippen LogP contribution < -0.4 is 15.5 Å². The number of benzene rings is 2. The first-order valence-corrected chi connectivity index (χ1v) is 10.2. The predicted octanol–water partition coefficient (Wildman–Crippen LogP) is 4.06. The molecular formula is C23H27N3O2. The molecule has 28 heavy (non-hydrogen) atoms. The minimum absolute atomic E-state index is 0.0644. The molecule has 1 saturated heterocycles. The summed E-state index contributed by atoms with van der Waals surface area (Å²) in [6, 6.07) is 15.8. The van der Waals surface area contributed by atoms with E-state index < -0.39 is 0 Å². The van der Waals surface area contributed by atoms with Crippen molar-refractivity contribution in [3.8, 4) is 0 Å². The third-order valence-electron chi connectivity index (χ3n) is 5.73. The maximum absolute atomic E-state index is 12.5. The van der Waals surface area contributed by atoms with Gasteiger partial charge >= 0.3 is 0 Å². The van der Waals surface area contributed by atoms with Crippen LogP contribution in [0.4, 0.5) is 17.1 Å². The highest BCUT2D eigenvalue weighted by atomic mass is 16.2. The van der Waals surface area contributed by atoms with Gasteiger partial charge in [-0.15, -0.1) is 0 Å². The van der Waals surface area contributed by atoms with E-state index in [2.05, 4.69) is 34.6 Å². The number of carbonyl (C=O) groups is 2. The Morgan fingerprint density at radius 3 is 2.25 bits per heavy atom. The van der Waals surface area contributed by atoms with Gasteiger partial charge in [0.05, 0.1) is 11.8 Å². The molecule has 2 N–H and O–H groups in total. The predicted molar refractivity (Wildman–Crippen MR) is 113 cm³/mol. The average Bonchev–Trinajstić information content (AvgIpc) is 3.35. The third kappa shape index (κ3) is 4.03. The summed E-state index contributed by atoms with van der Waals surface area (Å²) in [6.07, 6.45) is 3.95. The van der Waals surface area contributed by atoms with Crippen LogP contribution in [0.3, 0.4) is 0 Å². The minimum Gasteiger partial charge on any atom is -0.372 e. The zero-order valence-electron chi connectivity index (χ0n) is 16.3. The second kappa shape index (κ2) is 8.05. The summed E-state index contributed by atoms with van der Waals surface area (Å²) < 4.78 is 0. The van der Waals surface area contributed by atoms with Crippen molar-refractivity contribution in [3.63, 3.8) is 0 Å². The Kier molecular flexibility index (Phi) is 5.33. The van der Waals surface area contributed by atoms with Crippen molar-refractivity contribution in [1.82, 2.24) is 0 Å². The molecule has 146 valence electrons. The molecule has 2 aromatic carbocycles. The molecule has 2 aromatic rings. The first kappa shape index (κ1) is 18.5. The Morgan fingerprint density at radius 1 is 0.929 bits per heavy atom. The van der Waals surface area contributed by atoms with Gasteiger partial charge in [0.2, 0.25) is 11.8 Å². The number of rotatable bonds is 6. The van der Waals surface area contributed by atoms with Gasteiger partial charge in [0.25, 0.3) is 0 Å². The van der Waals surface area contributed by atoms with Crippen LogP contribution in [0, 0.1) is 11.8 Å². The van der Waals surface area contributed by atoms with Crippen LogP contribution >= 0.6 is 0 Å². The molecule has 1 aliphatic heterocycles. The molecule has 1 saturated carbocycles. The lowest BCUT2D eigenvalue weighted by molar-refractivity contribution is -0.122. The van der Waals surface area contributed by atoms with Crippen molar-refractivity contribution in [2.75, 3.05) is 28.6 Å². The van der Waals surface area contributed by atoms with E-state index in [9.17, 15) is 9.59 Å². The summed E-state index contributed by atoms with van der Waals surface area (Å²) >= 11 is 0. The summed E-state index contributed by atoms with van der Waals surface area (Å²) in [7, 11) is 0. The molecule has 2 amide bonds. The normalized spacial score (nSPS) is 20.7. The maximum Gasteiger partial charge on any atom is 0.228 e. The molecule has 2 aliphatic rings. The second-order valence-corrected chi connectivity index (χ2v) is 7.68. The molecule has 0 spiro atoms. The number of anilines is 3. The Labute approximate surface area is 166 Å². The Morgan fingerprint density at radius 2 is 1.57 bits per heavy atom. The monoisotopic (exact) mass is 377 g/mol. The van der Waals surface area contributed by atoms with Gasteiger partial charge in [-0.05, 0) is 61.6 Å². The van der Waals surface area contributed by atoms with Crippen LogP contribution in [0.5, 0.6) is 0 Å². The molecular weight excluding hydrogens is 350 g/mol. The van der Waals surface area contributed by atoms with Crippen molar-refractivity contribution < 1.29 is 9.59 Å². The number of aryl methyl sites for hydroxylation is 1. The molecule has 5 nitrogen and oxygen atoms in total. The number of carbonyl (C=O) groups excluding carboxylic acids is 2. The van der Waals surface area contributed by atoms with Crippen molar-refractivity contribution in [2.24, 2.45) is 11.8 Å². The Bertz CT molecular complexity index is 856. The van der Waals surface area contributed by atoms with Gasteiger partial charge in [0, 0.05) is 30.2 Å². The Balaban J connectivity index is 1.31. The minimum atomic E-state index is -0.243. The van der Waals surface area contributed by atoms with Gasteiger partial charge in [-0.2, -0.15) is 0 Å². The maximum atomic E-state index is 12.5. The van der Waals surface area contributed by atoms with Crippen LogP contribution in [-0.2, 0) is 16.0 Å². The lowest BCUT2D eigenvalue weighted by atomic mass is 10.1. The fourth-order valence-corrected chi connectivity index (χ4v) is 3.92. The van der Waals surface area contributed by atoms with E-state index >= 15 is 0 Å². The second-order valence-electron chi connectivity index (χ2n) is 7.68. The third-order valence-corrected chi connectivity index (χ3v) is 5.73. The van der Waals surface area contributed by atoms with E-state index in [-0.39, 0.29) is 23.7 Å². The summed E-state index contributed by atoms with van der Waals surface area (Å²) in [5, 5.41) is 5.94. The SMILES string of the molecule is CCc1ccccc1NC(=O)C1CC1C(=O)Nc1ccc(N2CCCC2)cc1. The van der Waals surface area contributed by atoms with Crippen LogP contribution in [0.25, 0.3) is 0 Å². The van der Waals surface area contributed by atoms with Gasteiger partial charge in [-0.25, -0.2) is 0 Å². The fourth-order valence-electron chi connectivity index (χ4n) is 3.92. The number of nitrogens with one attached hydrogen (secondary N) is 2. The fraction of sp³-hybridized carbons (Fsp3) is 0.391. The highest BCUT2D eigenvalue weighted by Crippen LogP contribution is 2.40. The molecule has 2 unspecified atom stereocenters. The number of para-hydroxylation sites is 1. The topological polar surface area (TPSA) is 61.4 Å². The molecule has 4 rings (SSSR count). The first-order valence-electron chi connectivity index (χ1n) is 10.2. The summed E-state index contributed by atoms with van der Waals surface area (Å²) in [5.74, 6) is -0.621. The quantitative estimate of drug-likeness (QED) is 0.798. The van der Waals surface area contributed by atoms with Crippen molar-refractivity contribution in [3.05, 3.63) is 54.1 Å². The van der Waals surface area contributed by atoms with Gasteiger partial charge in [0.1, 0.15) is 0 Å². The number of amides is 2. The first-order chi connectivity index (χ1) is 13.7. The number of hydrogen-bond acceptors (Lipinski definition) is 3. The van der Waals surface area contributed by atoms with Crippen molar-refractivity contribution >= 4 is 28.9 Å². The standard InChI is InChI=1S/C23H27N3O2/c1-2-16-7-3-4-8-21(16)25-23(28)20-15-19(20)22(27)24-17-9-11-18(12-10-17)26-13-5-6-14-26/h3-4,7-12,19-20H,2,5-6,13-15H2,1H3,(H,24,27)(H,25,28). The van der Waals surface area contributed by atoms with Crippen molar-refractivity contribution in [1.29, 1.82) is 0 Å². The van der Waals surface area contributed by atoms with E-state index in [0.29, 0.717) is 6.42 Å². The van der Waals surface area contributed by atoms with Gasteiger partial charge in [0.15, 0.2) is 0 Å². The molecule has 0 radical (unpaired) electrons. The zero-order valence-corrected chi connectivity index (χ0v) is 16.3. The van der Waals surface area contributed by atoms with Gasteiger partial charge in [-0.1, -0.05) is 25.1 Å². The zero-order chi connectivity index (χ0) is 19.5. The van der Waals surface area contributed by atoms with Gasteiger partial charge < -0.3 is 15.5 Å². The van der Waals surface area contributed by atoms with Gasteiger partial charge in [-0.3, -0.25) is 9.59 Å². The van der Waals surface area contributed by atoms with E-state index in [1.54, 1.807) is 0 Å². The number of nitrogens with zero attached hydrogens (tertiary/aromatic N) is 1. The van der Waals surface area contributed by atoms with E-state index in [1.807, 2.05) is 36.4 Å². The molecule has 0 bridgehead atoms. The Hall–Kier alpha value is -2.82. The lowest BCUT2D eigenvalue weighted by Gasteiger charge is -2.17. The highest BCUT2D eigenvalue weighted by molar-refractivity contribution is 6.03. The van der Waals surface area contributed by atoms with Crippen LogP contribution in [0.15, 0.2) is 48.5 Å². The molecule has 1 aliphatic carbocycles. The van der Waals surface area contributed by atoms with Crippen LogP contribution in [0.1, 0.15) is 31.7 Å². The molecule has 2 fully saturated rings. The van der Waals surface area contributed by atoms with Crippen LogP contribution in [0.2, 0.25) is 0 Å². The average molecular weight is 377 g/mol. The highest BCUT2D eigenvalue weighted by Gasteiger charge is 2.48. The summed E-state index contributed by atoms with van der Waals surface area (Å²) in [5.41, 5.74) is 3.94. The number of hydrogen-bond donors (Lipinski definition) is 2. The smallest absolute Gasteiger partial charge is 0.228 e. The molecule has 5 heteroatoms. The van der Waals surface area contributed by atoms with E-state index in [0.717, 1.165) is 36.4 Å². The summed E-state index contributed by atoms with van der Waals surface area (Å²) in [6.45, 7) is 4.27. The molecule has 0 aromatic heterocycles. The molecule has 1 heterocycles. The van der Waals surface area contributed by atoms with E-state index in [4.69, 9.17) is 0 Å². The summed E-state index contributed by atoms with van der Waals surface area (Å²) in [4.78, 5) is 27.4. The van der Waals surface area contributed by atoms with Crippen LogP contribution in [-0.4, -0.2) is 24.9 Å². The largest absolute Gasteiger partial charge is 0.372 e. The lowest BCUT2D eigenvalue weighted by Crippen LogP contribution is -2.21. The molecule has 2 atom stereocenters. The van der Waals surface area contributed by atoms with Crippen molar-refractivity contribution in [2.45, 2.75) is 32.6 Å².